The summed E-state index contributed by atoms with van der Waals surface area (Å²) in [6, 6.07) is 11.8. The van der Waals surface area contributed by atoms with Crippen molar-refractivity contribution in [3.63, 3.8) is 0 Å². The molecule has 0 aliphatic heterocycles. The minimum atomic E-state index is -0.364. The average molecular weight is 360 g/mol. The lowest BCUT2D eigenvalue weighted by Gasteiger charge is -2.08. The van der Waals surface area contributed by atoms with Gasteiger partial charge in [-0.25, -0.2) is 4.79 Å². The van der Waals surface area contributed by atoms with E-state index in [1.165, 1.54) is 0 Å². The molecule has 19 heavy (non-hydrogen) atoms. The summed E-state index contributed by atoms with van der Waals surface area (Å²) in [5.74, 6) is 0. The Hall–Kier alpha value is -1.23. The number of nitrogens with one attached hydrogen (secondary N) is 2. The maximum absolute atomic E-state index is 11.8. The highest BCUT2D eigenvalue weighted by molar-refractivity contribution is 9.10. The van der Waals surface area contributed by atoms with Crippen molar-refractivity contribution in [2.45, 2.75) is 0 Å². The van der Waals surface area contributed by atoms with Crippen LogP contribution in [0, 0.1) is 0 Å². The fourth-order valence-electron chi connectivity index (χ4n) is 1.49. The predicted molar refractivity (Wildman–Crippen MR) is 83.2 cm³/mol. The van der Waals surface area contributed by atoms with Crippen LogP contribution in [0.1, 0.15) is 0 Å². The minimum absolute atomic E-state index is 0.364. The van der Waals surface area contributed by atoms with Gasteiger partial charge in [-0.05, 0) is 36.4 Å². The van der Waals surface area contributed by atoms with Crippen molar-refractivity contribution in [3.05, 3.63) is 57.0 Å². The molecular weight excluding hydrogens is 351 g/mol. The molecule has 0 unspecified atom stereocenters. The van der Waals surface area contributed by atoms with Crippen molar-refractivity contribution in [1.82, 2.24) is 0 Å². The number of halogens is 3. The Morgan fingerprint density at radius 1 is 0.947 bits per heavy atom. The first-order valence-electron chi connectivity index (χ1n) is 5.32. The maximum Gasteiger partial charge on any atom is 0.323 e. The highest BCUT2D eigenvalue weighted by atomic mass is 79.9. The predicted octanol–water partition coefficient (Wildman–Crippen LogP) is 5.40. The first-order valence-corrected chi connectivity index (χ1v) is 6.87. The Labute approximate surface area is 129 Å². The van der Waals surface area contributed by atoms with Gasteiger partial charge < -0.3 is 10.6 Å². The molecule has 0 radical (unpaired) electrons. The van der Waals surface area contributed by atoms with E-state index in [0.717, 1.165) is 4.47 Å². The van der Waals surface area contributed by atoms with E-state index in [2.05, 4.69) is 26.6 Å². The summed E-state index contributed by atoms with van der Waals surface area (Å²) < 4.78 is 0.885. The smallest absolute Gasteiger partial charge is 0.308 e. The third-order valence-corrected chi connectivity index (χ3v) is 3.13. The number of rotatable bonds is 2. The Morgan fingerprint density at radius 3 is 2.21 bits per heavy atom. The van der Waals surface area contributed by atoms with Crippen LogP contribution in [0.5, 0.6) is 0 Å². The number of hydrogen-bond donors (Lipinski definition) is 2. The number of urea groups is 1. The van der Waals surface area contributed by atoms with Crippen molar-refractivity contribution in [2.75, 3.05) is 10.6 Å². The van der Waals surface area contributed by atoms with Crippen LogP contribution in [0.15, 0.2) is 46.9 Å². The molecule has 3 nitrogen and oxygen atoms in total. The maximum atomic E-state index is 11.8. The molecule has 0 spiro atoms. The average Bonchev–Trinajstić information content (AvgIpc) is 2.26. The van der Waals surface area contributed by atoms with E-state index >= 15 is 0 Å². The van der Waals surface area contributed by atoms with Crippen LogP contribution in [0.3, 0.4) is 0 Å². The number of hydrogen-bond acceptors (Lipinski definition) is 1. The largest absolute Gasteiger partial charge is 0.323 e. The van der Waals surface area contributed by atoms with E-state index in [4.69, 9.17) is 23.2 Å². The second-order valence-electron chi connectivity index (χ2n) is 3.75. The Kier molecular flexibility index (Phi) is 4.69. The third kappa shape index (κ3) is 4.42. The Bertz CT molecular complexity index is 599. The van der Waals surface area contributed by atoms with Crippen LogP contribution >= 0.6 is 39.1 Å². The lowest BCUT2D eigenvalue weighted by molar-refractivity contribution is 0.262. The topological polar surface area (TPSA) is 41.1 Å². The summed E-state index contributed by atoms with van der Waals surface area (Å²) in [5.41, 5.74) is 1.21. The van der Waals surface area contributed by atoms with Crippen LogP contribution in [0.4, 0.5) is 16.2 Å². The molecule has 0 fully saturated rings. The SMILES string of the molecule is O=C(Nc1cc(Cl)cc(Cl)c1)Nc1cccc(Br)c1. The number of carbonyl (C=O) groups is 1. The highest BCUT2D eigenvalue weighted by Gasteiger charge is 2.04. The molecule has 2 aromatic rings. The molecule has 0 aliphatic rings. The molecule has 6 heteroatoms. The summed E-state index contributed by atoms with van der Waals surface area (Å²) in [5, 5.41) is 6.29. The van der Waals surface area contributed by atoms with Gasteiger partial charge in [-0.1, -0.05) is 45.2 Å². The molecule has 0 aromatic heterocycles. The summed E-state index contributed by atoms with van der Waals surface area (Å²) in [7, 11) is 0. The molecule has 0 aliphatic carbocycles. The zero-order valence-electron chi connectivity index (χ0n) is 9.58. The second-order valence-corrected chi connectivity index (χ2v) is 5.54. The van der Waals surface area contributed by atoms with Crippen LogP contribution in [0.2, 0.25) is 10.0 Å². The van der Waals surface area contributed by atoms with E-state index in [0.29, 0.717) is 21.4 Å². The van der Waals surface area contributed by atoms with Gasteiger partial charge >= 0.3 is 6.03 Å². The van der Waals surface area contributed by atoms with Gasteiger partial charge in [0.2, 0.25) is 0 Å². The zero-order valence-corrected chi connectivity index (χ0v) is 12.7. The molecule has 0 atom stereocenters. The van der Waals surface area contributed by atoms with Gasteiger partial charge in [-0.3, -0.25) is 0 Å². The van der Waals surface area contributed by atoms with E-state index < -0.39 is 0 Å². The van der Waals surface area contributed by atoms with Crippen molar-refractivity contribution in [2.24, 2.45) is 0 Å². The summed E-state index contributed by atoms with van der Waals surface area (Å²) in [6.07, 6.45) is 0. The molecule has 2 amide bonds. The van der Waals surface area contributed by atoms with Crippen LogP contribution in [-0.4, -0.2) is 6.03 Å². The van der Waals surface area contributed by atoms with Crippen LogP contribution in [0.25, 0.3) is 0 Å². The van der Waals surface area contributed by atoms with Crippen LogP contribution < -0.4 is 10.6 Å². The van der Waals surface area contributed by atoms with Gasteiger partial charge in [-0.2, -0.15) is 0 Å². The van der Waals surface area contributed by atoms with Gasteiger partial charge in [0.1, 0.15) is 0 Å². The number of carbonyl (C=O) groups excluding carboxylic acids is 1. The number of anilines is 2. The molecule has 2 aromatic carbocycles. The molecule has 0 bridgehead atoms. The molecular formula is C13H9BrCl2N2O. The number of amides is 2. The van der Waals surface area contributed by atoms with E-state index in [1.807, 2.05) is 12.1 Å². The van der Waals surface area contributed by atoms with Crippen LogP contribution in [-0.2, 0) is 0 Å². The quantitative estimate of drug-likeness (QED) is 0.740. The third-order valence-electron chi connectivity index (χ3n) is 2.20. The minimum Gasteiger partial charge on any atom is -0.308 e. The monoisotopic (exact) mass is 358 g/mol. The first kappa shape index (κ1) is 14.2. The van der Waals surface area contributed by atoms with E-state index in [-0.39, 0.29) is 6.03 Å². The van der Waals surface area contributed by atoms with Gasteiger partial charge in [0, 0.05) is 25.9 Å². The molecule has 2 rings (SSSR count). The summed E-state index contributed by atoms with van der Waals surface area (Å²) in [6.45, 7) is 0. The normalized spacial score (nSPS) is 10.1. The van der Waals surface area contributed by atoms with Crippen molar-refractivity contribution >= 4 is 56.5 Å². The van der Waals surface area contributed by atoms with Gasteiger partial charge in [-0.15, -0.1) is 0 Å². The lowest BCUT2D eigenvalue weighted by Crippen LogP contribution is -2.19. The van der Waals surface area contributed by atoms with Gasteiger partial charge in [0.15, 0.2) is 0 Å². The number of benzene rings is 2. The molecule has 2 N–H and O–H groups in total. The molecule has 0 saturated heterocycles. The Morgan fingerprint density at radius 2 is 1.58 bits per heavy atom. The molecule has 98 valence electrons. The standard InChI is InChI=1S/C13H9BrCl2N2O/c14-8-2-1-3-11(4-8)17-13(19)18-12-6-9(15)5-10(16)7-12/h1-7H,(H2,17,18,19). The lowest BCUT2D eigenvalue weighted by atomic mass is 10.3. The second kappa shape index (κ2) is 6.28. The summed E-state index contributed by atoms with van der Waals surface area (Å²) >= 11 is 15.0. The first-order chi connectivity index (χ1) is 9.02. The van der Waals surface area contributed by atoms with Crippen molar-refractivity contribution in [3.8, 4) is 0 Å². The molecule has 0 heterocycles. The fourth-order valence-corrected chi connectivity index (χ4v) is 2.41. The van der Waals surface area contributed by atoms with Crippen molar-refractivity contribution in [1.29, 1.82) is 0 Å². The Balaban J connectivity index is 2.05. The highest BCUT2D eigenvalue weighted by Crippen LogP contribution is 2.22. The zero-order chi connectivity index (χ0) is 13.8. The van der Waals surface area contributed by atoms with Gasteiger partial charge in [0.25, 0.3) is 0 Å². The fraction of sp³-hybridized carbons (Fsp3) is 0. The summed E-state index contributed by atoms with van der Waals surface area (Å²) in [4.78, 5) is 11.8. The van der Waals surface area contributed by atoms with E-state index in [1.54, 1.807) is 30.3 Å². The van der Waals surface area contributed by atoms with Gasteiger partial charge in [0.05, 0.1) is 0 Å². The molecule has 0 saturated carbocycles. The van der Waals surface area contributed by atoms with E-state index in [9.17, 15) is 4.79 Å². The van der Waals surface area contributed by atoms with Crippen molar-refractivity contribution < 1.29 is 4.79 Å².